The van der Waals surface area contributed by atoms with E-state index < -0.39 is 0 Å². The summed E-state index contributed by atoms with van der Waals surface area (Å²) in [5.41, 5.74) is 4.50. The summed E-state index contributed by atoms with van der Waals surface area (Å²) in [5, 5.41) is 4.11. The maximum absolute atomic E-state index is 6.08. The van der Waals surface area contributed by atoms with Gasteiger partial charge >= 0.3 is 0 Å². The van der Waals surface area contributed by atoms with E-state index in [2.05, 4.69) is 39.5 Å². The highest BCUT2D eigenvalue weighted by Gasteiger charge is 2.08. The zero-order valence-corrected chi connectivity index (χ0v) is 14.9. The third kappa shape index (κ3) is 3.54. The normalized spacial score (nSPS) is 10.7. The number of hydrogen-bond acceptors (Lipinski definition) is 3. The van der Waals surface area contributed by atoms with E-state index in [1.165, 1.54) is 11.3 Å². The molecule has 5 heteroatoms. The maximum Gasteiger partial charge on any atom is 0.203 e. The molecular weight excluding hydrogens is 320 g/mol. The molecule has 124 valence electrons. The van der Waals surface area contributed by atoms with Gasteiger partial charge in [-0.05, 0) is 29.8 Å². The lowest BCUT2D eigenvalue weighted by Crippen LogP contribution is -2.09. The second kappa shape index (κ2) is 6.97. The van der Waals surface area contributed by atoms with Crippen molar-refractivity contribution >= 4 is 23.2 Å². The van der Waals surface area contributed by atoms with Crippen molar-refractivity contribution in [3.8, 4) is 11.3 Å². The molecule has 0 saturated carbocycles. The Bertz CT molecular complexity index is 822. The van der Waals surface area contributed by atoms with Gasteiger partial charge in [0.1, 0.15) is 0 Å². The van der Waals surface area contributed by atoms with Gasteiger partial charge in [0.2, 0.25) is 5.95 Å². The van der Waals surface area contributed by atoms with E-state index in [0.29, 0.717) is 0 Å². The van der Waals surface area contributed by atoms with Crippen molar-refractivity contribution in [1.29, 1.82) is 0 Å². The molecule has 0 aliphatic heterocycles. The summed E-state index contributed by atoms with van der Waals surface area (Å²) in [4.78, 5) is 6.57. The molecule has 4 nitrogen and oxygen atoms in total. The predicted octanol–water partition coefficient (Wildman–Crippen LogP) is 4.42. The van der Waals surface area contributed by atoms with Gasteiger partial charge in [-0.1, -0.05) is 35.9 Å². The average Bonchev–Trinajstić information content (AvgIpc) is 2.94. The van der Waals surface area contributed by atoms with Gasteiger partial charge in [0.15, 0.2) is 0 Å². The van der Waals surface area contributed by atoms with Gasteiger partial charge in [0, 0.05) is 44.0 Å². The van der Waals surface area contributed by atoms with Gasteiger partial charge in [0.05, 0.1) is 11.9 Å². The molecule has 24 heavy (non-hydrogen) atoms. The smallest absolute Gasteiger partial charge is 0.203 e. The fourth-order valence-electron chi connectivity index (χ4n) is 2.58. The molecule has 1 heterocycles. The van der Waals surface area contributed by atoms with E-state index in [1.807, 2.05) is 56.2 Å². The van der Waals surface area contributed by atoms with Crippen LogP contribution in [-0.4, -0.2) is 23.6 Å². The molecule has 1 aromatic heterocycles. The summed E-state index contributed by atoms with van der Waals surface area (Å²) in [6, 6.07) is 16.3. The van der Waals surface area contributed by atoms with E-state index in [9.17, 15) is 0 Å². The molecule has 0 saturated heterocycles. The van der Waals surface area contributed by atoms with Crippen molar-refractivity contribution in [2.24, 2.45) is 7.05 Å². The summed E-state index contributed by atoms with van der Waals surface area (Å²) in [5.74, 6) is 0.835. The Kier molecular flexibility index (Phi) is 4.76. The molecule has 0 unspecified atom stereocenters. The zero-order chi connectivity index (χ0) is 17.1. The van der Waals surface area contributed by atoms with Crippen LogP contribution in [0.3, 0.4) is 0 Å². The molecule has 0 radical (unpaired) electrons. The second-order valence-corrected chi connectivity index (χ2v) is 6.39. The molecule has 0 aliphatic rings. The SMILES string of the molecule is CN(C)c1ccc(CNc2ncc(-c3cccc(Cl)c3)n2C)cc1. The number of anilines is 2. The monoisotopic (exact) mass is 340 g/mol. The number of aromatic nitrogens is 2. The summed E-state index contributed by atoms with van der Waals surface area (Å²) in [7, 11) is 6.08. The molecule has 2 aromatic carbocycles. The molecule has 1 N–H and O–H groups in total. The molecule has 0 amide bonds. The number of halogens is 1. The molecule has 0 bridgehead atoms. The fraction of sp³-hybridized carbons (Fsp3) is 0.211. The Balaban J connectivity index is 1.72. The largest absolute Gasteiger partial charge is 0.378 e. The van der Waals surface area contributed by atoms with Crippen LogP contribution in [0.1, 0.15) is 5.56 Å². The lowest BCUT2D eigenvalue weighted by Gasteiger charge is -2.13. The molecule has 0 fully saturated rings. The summed E-state index contributed by atoms with van der Waals surface area (Å²) < 4.78 is 2.04. The van der Waals surface area contributed by atoms with E-state index in [4.69, 9.17) is 11.6 Å². The number of rotatable bonds is 5. The molecule has 0 spiro atoms. The third-order valence-electron chi connectivity index (χ3n) is 4.01. The minimum absolute atomic E-state index is 0.726. The third-order valence-corrected chi connectivity index (χ3v) is 4.25. The number of imidazole rings is 1. The molecule has 0 atom stereocenters. The maximum atomic E-state index is 6.08. The zero-order valence-electron chi connectivity index (χ0n) is 14.1. The van der Waals surface area contributed by atoms with E-state index in [-0.39, 0.29) is 0 Å². The van der Waals surface area contributed by atoms with Crippen molar-refractivity contribution in [3.05, 3.63) is 65.3 Å². The average molecular weight is 341 g/mol. The van der Waals surface area contributed by atoms with Crippen molar-refractivity contribution < 1.29 is 0 Å². The minimum Gasteiger partial charge on any atom is -0.378 e. The van der Waals surface area contributed by atoms with E-state index in [1.54, 1.807) is 0 Å². The van der Waals surface area contributed by atoms with Crippen LogP contribution in [0.25, 0.3) is 11.3 Å². The van der Waals surface area contributed by atoms with Crippen LogP contribution < -0.4 is 10.2 Å². The van der Waals surface area contributed by atoms with Crippen LogP contribution in [-0.2, 0) is 13.6 Å². The van der Waals surface area contributed by atoms with Crippen LogP contribution in [0.4, 0.5) is 11.6 Å². The van der Waals surface area contributed by atoms with Gasteiger partial charge in [-0.25, -0.2) is 4.98 Å². The highest BCUT2D eigenvalue weighted by molar-refractivity contribution is 6.30. The first-order chi connectivity index (χ1) is 11.5. The summed E-state index contributed by atoms with van der Waals surface area (Å²) >= 11 is 6.08. The topological polar surface area (TPSA) is 33.1 Å². The highest BCUT2D eigenvalue weighted by atomic mass is 35.5. The first kappa shape index (κ1) is 16.4. The van der Waals surface area contributed by atoms with Crippen molar-refractivity contribution in [2.75, 3.05) is 24.3 Å². The quantitative estimate of drug-likeness (QED) is 0.746. The lowest BCUT2D eigenvalue weighted by molar-refractivity contribution is 0.906. The van der Waals surface area contributed by atoms with Crippen LogP contribution in [0.15, 0.2) is 54.7 Å². The van der Waals surface area contributed by atoms with Crippen LogP contribution in [0.2, 0.25) is 5.02 Å². The van der Waals surface area contributed by atoms with Crippen LogP contribution in [0, 0.1) is 0 Å². The Hall–Kier alpha value is -2.46. The Labute approximate surface area is 147 Å². The standard InChI is InChI=1S/C19H21ClN4/c1-23(2)17-9-7-14(8-10-17)12-21-19-22-13-18(24(19)3)15-5-4-6-16(20)11-15/h4-11,13H,12H2,1-3H3,(H,21,22). The fourth-order valence-corrected chi connectivity index (χ4v) is 2.77. The Morgan fingerprint density at radius 1 is 1.12 bits per heavy atom. The second-order valence-electron chi connectivity index (χ2n) is 5.95. The van der Waals surface area contributed by atoms with Gasteiger partial charge in [-0.3, -0.25) is 0 Å². The van der Waals surface area contributed by atoms with Gasteiger partial charge in [0.25, 0.3) is 0 Å². The molecule has 0 aliphatic carbocycles. The first-order valence-electron chi connectivity index (χ1n) is 7.82. The summed E-state index contributed by atoms with van der Waals surface area (Å²) in [6.07, 6.45) is 1.86. The van der Waals surface area contributed by atoms with Crippen LogP contribution in [0.5, 0.6) is 0 Å². The molecule has 3 rings (SSSR count). The Morgan fingerprint density at radius 3 is 2.54 bits per heavy atom. The minimum atomic E-state index is 0.726. The van der Waals surface area contributed by atoms with Gasteiger partial charge < -0.3 is 14.8 Å². The van der Waals surface area contributed by atoms with E-state index >= 15 is 0 Å². The lowest BCUT2D eigenvalue weighted by atomic mass is 10.2. The number of nitrogens with one attached hydrogen (secondary N) is 1. The number of nitrogens with zero attached hydrogens (tertiary/aromatic N) is 3. The van der Waals surface area contributed by atoms with E-state index in [0.717, 1.165) is 28.8 Å². The van der Waals surface area contributed by atoms with Crippen molar-refractivity contribution in [3.63, 3.8) is 0 Å². The van der Waals surface area contributed by atoms with Crippen molar-refractivity contribution in [2.45, 2.75) is 6.54 Å². The van der Waals surface area contributed by atoms with Crippen LogP contribution >= 0.6 is 11.6 Å². The van der Waals surface area contributed by atoms with Gasteiger partial charge in [-0.2, -0.15) is 0 Å². The molecule has 3 aromatic rings. The van der Waals surface area contributed by atoms with Crippen molar-refractivity contribution in [1.82, 2.24) is 9.55 Å². The predicted molar refractivity (Wildman–Crippen MR) is 102 cm³/mol. The first-order valence-corrected chi connectivity index (χ1v) is 8.20. The Morgan fingerprint density at radius 2 is 1.88 bits per heavy atom. The number of benzene rings is 2. The van der Waals surface area contributed by atoms with Gasteiger partial charge in [-0.15, -0.1) is 0 Å². The highest BCUT2D eigenvalue weighted by Crippen LogP contribution is 2.24. The number of hydrogen-bond donors (Lipinski definition) is 1. The summed E-state index contributed by atoms with van der Waals surface area (Å²) in [6.45, 7) is 0.730. The molecular formula is C19H21ClN4.